The summed E-state index contributed by atoms with van der Waals surface area (Å²) in [4.78, 5) is 11.4. The highest BCUT2D eigenvalue weighted by atomic mass is 79.9. The molecule has 1 rings (SSSR count). The summed E-state index contributed by atoms with van der Waals surface area (Å²) in [6.07, 6.45) is 0. The molecular weight excluding hydrogens is 326 g/mol. The molecule has 112 valence electrons. The zero-order chi connectivity index (χ0) is 15.4. The molecule has 0 radical (unpaired) electrons. The van der Waals surface area contributed by atoms with Crippen LogP contribution in [0.5, 0.6) is 11.5 Å². The number of rotatable bonds is 6. The smallest absolute Gasteiger partial charge is 0.312 e. The third-order valence-corrected chi connectivity index (χ3v) is 3.89. The average molecular weight is 346 g/mol. The van der Waals surface area contributed by atoms with E-state index < -0.39 is 11.9 Å². The van der Waals surface area contributed by atoms with Gasteiger partial charge in [-0.15, -0.1) is 0 Å². The lowest BCUT2D eigenvalue weighted by molar-refractivity contribution is -0.138. The summed E-state index contributed by atoms with van der Waals surface area (Å²) < 4.78 is 11.4. The SMILES string of the molecule is COc1c(C(C)C)cc(C(CN)C(=O)O)c(OC)c1Br. The van der Waals surface area contributed by atoms with E-state index in [0.29, 0.717) is 21.5 Å². The number of nitrogens with two attached hydrogens (primary N) is 1. The second kappa shape index (κ2) is 6.95. The molecule has 0 aromatic heterocycles. The second-order valence-electron chi connectivity index (χ2n) is 4.72. The van der Waals surface area contributed by atoms with E-state index in [2.05, 4.69) is 15.9 Å². The fourth-order valence-electron chi connectivity index (χ4n) is 2.12. The lowest BCUT2D eigenvalue weighted by atomic mass is 9.92. The molecule has 0 fully saturated rings. The van der Waals surface area contributed by atoms with Gasteiger partial charge < -0.3 is 20.3 Å². The highest BCUT2D eigenvalue weighted by Crippen LogP contribution is 2.44. The Kier molecular flexibility index (Phi) is 5.83. The van der Waals surface area contributed by atoms with Crippen LogP contribution in [0.3, 0.4) is 0 Å². The standard InChI is InChI=1S/C14H20BrNO4/c1-7(2)8-5-9(10(6-16)14(17)18)13(20-4)11(15)12(8)19-3/h5,7,10H,6,16H2,1-4H3,(H,17,18). The van der Waals surface area contributed by atoms with Crippen molar-refractivity contribution < 1.29 is 19.4 Å². The van der Waals surface area contributed by atoms with Crippen LogP contribution in [0.25, 0.3) is 0 Å². The number of hydrogen-bond acceptors (Lipinski definition) is 4. The van der Waals surface area contributed by atoms with Gasteiger partial charge in [-0.3, -0.25) is 4.79 Å². The Labute approximate surface area is 127 Å². The van der Waals surface area contributed by atoms with E-state index in [1.54, 1.807) is 13.2 Å². The highest BCUT2D eigenvalue weighted by molar-refractivity contribution is 9.10. The highest BCUT2D eigenvalue weighted by Gasteiger charge is 2.27. The molecule has 6 heteroatoms. The van der Waals surface area contributed by atoms with Gasteiger partial charge in [-0.2, -0.15) is 0 Å². The topological polar surface area (TPSA) is 81.8 Å². The van der Waals surface area contributed by atoms with Crippen LogP contribution in [0, 0.1) is 0 Å². The van der Waals surface area contributed by atoms with Gasteiger partial charge in [0.2, 0.25) is 0 Å². The molecule has 1 aromatic rings. The van der Waals surface area contributed by atoms with Crippen molar-refractivity contribution in [3.63, 3.8) is 0 Å². The number of hydrogen-bond donors (Lipinski definition) is 2. The van der Waals surface area contributed by atoms with Crippen molar-refractivity contribution in [2.75, 3.05) is 20.8 Å². The molecule has 0 aliphatic heterocycles. The Morgan fingerprint density at radius 2 is 1.80 bits per heavy atom. The third-order valence-electron chi connectivity index (χ3n) is 3.17. The first kappa shape index (κ1) is 16.8. The molecule has 0 amide bonds. The van der Waals surface area contributed by atoms with Gasteiger partial charge >= 0.3 is 5.97 Å². The number of methoxy groups -OCH3 is 2. The first-order valence-corrected chi connectivity index (χ1v) is 7.05. The first-order valence-electron chi connectivity index (χ1n) is 6.26. The van der Waals surface area contributed by atoms with Gasteiger partial charge in [0.1, 0.15) is 16.0 Å². The largest absolute Gasteiger partial charge is 0.495 e. The Morgan fingerprint density at radius 3 is 2.15 bits per heavy atom. The van der Waals surface area contributed by atoms with E-state index in [1.807, 2.05) is 13.8 Å². The van der Waals surface area contributed by atoms with Gasteiger partial charge in [0.15, 0.2) is 0 Å². The van der Waals surface area contributed by atoms with Crippen LogP contribution in [-0.4, -0.2) is 31.8 Å². The van der Waals surface area contributed by atoms with E-state index >= 15 is 0 Å². The third kappa shape index (κ3) is 3.07. The Balaban J connectivity index is 3.62. The van der Waals surface area contributed by atoms with Crippen LogP contribution in [0.15, 0.2) is 10.5 Å². The lowest BCUT2D eigenvalue weighted by Crippen LogP contribution is -2.22. The molecule has 0 aliphatic carbocycles. The van der Waals surface area contributed by atoms with Crippen LogP contribution in [0.2, 0.25) is 0 Å². The van der Waals surface area contributed by atoms with E-state index in [1.165, 1.54) is 7.11 Å². The molecule has 0 bridgehead atoms. The van der Waals surface area contributed by atoms with Gasteiger partial charge in [-0.25, -0.2) is 0 Å². The van der Waals surface area contributed by atoms with Crippen LogP contribution in [0.4, 0.5) is 0 Å². The van der Waals surface area contributed by atoms with Crippen LogP contribution in [0.1, 0.15) is 36.8 Å². The minimum atomic E-state index is -0.974. The summed E-state index contributed by atoms with van der Waals surface area (Å²) in [6.45, 7) is 4.03. The van der Waals surface area contributed by atoms with Crippen molar-refractivity contribution in [2.24, 2.45) is 5.73 Å². The maximum Gasteiger partial charge on any atom is 0.312 e. The number of carboxylic acids is 1. The summed E-state index contributed by atoms with van der Waals surface area (Å²) in [6, 6.07) is 1.80. The van der Waals surface area contributed by atoms with Gasteiger partial charge in [-0.05, 0) is 33.5 Å². The number of halogens is 1. The van der Waals surface area contributed by atoms with Gasteiger partial charge in [0, 0.05) is 12.1 Å². The van der Waals surface area contributed by atoms with Gasteiger partial charge in [0.05, 0.1) is 20.1 Å². The molecule has 0 heterocycles. The van der Waals surface area contributed by atoms with Crippen LogP contribution < -0.4 is 15.2 Å². The van der Waals surface area contributed by atoms with Crippen LogP contribution in [-0.2, 0) is 4.79 Å². The summed E-state index contributed by atoms with van der Waals surface area (Å²) in [5.74, 6) is -0.508. The van der Waals surface area contributed by atoms with Gasteiger partial charge in [-0.1, -0.05) is 13.8 Å². The zero-order valence-corrected chi connectivity index (χ0v) is 13.7. The molecule has 0 saturated carbocycles. The molecule has 3 N–H and O–H groups in total. The molecule has 0 saturated heterocycles. The van der Waals surface area contributed by atoms with E-state index in [9.17, 15) is 9.90 Å². The number of aliphatic carboxylic acids is 1. The lowest BCUT2D eigenvalue weighted by Gasteiger charge is -2.22. The minimum Gasteiger partial charge on any atom is -0.495 e. The summed E-state index contributed by atoms with van der Waals surface area (Å²) >= 11 is 3.43. The molecule has 0 aliphatic rings. The fourth-order valence-corrected chi connectivity index (χ4v) is 2.90. The molecular formula is C14H20BrNO4. The fraction of sp³-hybridized carbons (Fsp3) is 0.500. The van der Waals surface area contributed by atoms with Crippen molar-refractivity contribution in [2.45, 2.75) is 25.7 Å². The zero-order valence-electron chi connectivity index (χ0n) is 12.1. The average Bonchev–Trinajstić information content (AvgIpc) is 2.38. The predicted octanol–water partition coefficient (Wildman–Crippen LogP) is 2.72. The summed E-state index contributed by atoms with van der Waals surface area (Å²) in [5, 5.41) is 9.31. The summed E-state index contributed by atoms with van der Waals surface area (Å²) in [5.41, 5.74) is 7.06. The molecule has 5 nitrogen and oxygen atoms in total. The number of carboxylic acid groups (broad SMARTS) is 1. The Morgan fingerprint density at radius 1 is 1.30 bits per heavy atom. The molecule has 20 heavy (non-hydrogen) atoms. The van der Waals surface area contributed by atoms with E-state index in [0.717, 1.165) is 5.56 Å². The van der Waals surface area contributed by atoms with Crippen molar-refractivity contribution in [1.82, 2.24) is 0 Å². The second-order valence-corrected chi connectivity index (χ2v) is 5.51. The Hall–Kier alpha value is -1.27. The van der Waals surface area contributed by atoms with Crippen molar-refractivity contribution >= 4 is 21.9 Å². The molecule has 1 atom stereocenters. The quantitative estimate of drug-likeness (QED) is 0.828. The molecule has 0 spiro atoms. The predicted molar refractivity (Wildman–Crippen MR) is 80.8 cm³/mol. The van der Waals surface area contributed by atoms with E-state index in [-0.39, 0.29) is 12.5 Å². The molecule has 1 unspecified atom stereocenters. The minimum absolute atomic E-state index is 0.00198. The van der Waals surface area contributed by atoms with Gasteiger partial charge in [0.25, 0.3) is 0 Å². The molecule has 1 aromatic carbocycles. The number of benzene rings is 1. The van der Waals surface area contributed by atoms with Crippen LogP contribution >= 0.6 is 15.9 Å². The maximum absolute atomic E-state index is 11.4. The number of carbonyl (C=O) groups is 1. The maximum atomic E-state index is 11.4. The van der Waals surface area contributed by atoms with Crippen molar-refractivity contribution in [3.8, 4) is 11.5 Å². The summed E-state index contributed by atoms with van der Waals surface area (Å²) in [7, 11) is 3.07. The van der Waals surface area contributed by atoms with Crippen molar-refractivity contribution in [1.29, 1.82) is 0 Å². The number of ether oxygens (including phenoxy) is 2. The monoisotopic (exact) mass is 345 g/mol. The van der Waals surface area contributed by atoms with Crippen molar-refractivity contribution in [3.05, 3.63) is 21.7 Å². The normalized spacial score (nSPS) is 12.3. The van der Waals surface area contributed by atoms with E-state index in [4.69, 9.17) is 15.2 Å². The first-order chi connectivity index (χ1) is 9.38. The Bertz CT molecular complexity index is 502.